The van der Waals surface area contributed by atoms with Gasteiger partial charge in [-0.2, -0.15) is 13.2 Å². The maximum Gasteiger partial charge on any atom is 0.471 e. The summed E-state index contributed by atoms with van der Waals surface area (Å²) in [4.78, 5) is 13.3. The minimum atomic E-state index is -4.83. The molecule has 2 unspecified atom stereocenters. The fourth-order valence-corrected chi connectivity index (χ4v) is 4.24. The van der Waals surface area contributed by atoms with Crippen molar-refractivity contribution >= 4 is 12.0 Å². The molecule has 3 rings (SSSR count). The summed E-state index contributed by atoms with van der Waals surface area (Å²) in [5, 5.41) is 0. The van der Waals surface area contributed by atoms with Gasteiger partial charge in [0.1, 0.15) is 0 Å². The number of nitrogens with zero attached hydrogens (tertiary/aromatic N) is 1. The van der Waals surface area contributed by atoms with Crippen LogP contribution in [0.2, 0.25) is 0 Å². The first kappa shape index (κ1) is 19.9. The molecule has 27 heavy (non-hydrogen) atoms. The van der Waals surface area contributed by atoms with E-state index in [1.165, 1.54) is 0 Å². The number of rotatable bonds is 5. The average Bonchev–Trinajstić information content (AvgIpc) is 3.41. The number of alkyl halides is 3. The first-order valence-corrected chi connectivity index (χ1v) is 9.71. The fraction of sp³-hybridized carbons (Fsp3) is 0.571. The quantitative estimate of drug-likeness (QED) is 0.816. The monoisotopic (exact) mass is 380 g/mol. The van der Waals surface area contributed by atoms with E-state index < -0.39 is 12.1 Å². The third-order valence-electron chi connectivity index (χ3n) is 5.76. The lowest BCUT2D eigenvalue weighted by Gasteiger charge is -2.37. The number of benzene rings is 1. The maximum absolute atomic E-state index is 13.2. The van der Waals surface area contributed by atoms with Gasteiger partial charge in [0.25, 0.3) is 0 Å². The lowest BCUT2D eigenvalue weighted by Crippen LogP contribution is -2.51. The van der Waals surface area contributed by atoms with Crippen molar-refractivity contribution in [1.82, 2.24) is 4.90 Å². The molecule has 2 aliphatic rings. The van der Waals surface area contributed by atoms with E-state index in [1.54, 1.807) is 0 Å². The molecule has 6 heteroatoms. The molecular formula is C21H27F3N2O. The number of hydrogen-bond acceptors (Lipinski definition) is 2. The molecule has 1 amide bonds. The second-order valence-corrected chi connectivity index (χ2v) is 7.67. The lowest BCUT2D eigenvalue weighted by atomic mass is 9.90. The Balaban J connectivity index is 1.79. The topological polar surface area (TPSA) is 46.3 Å². The van der Waals surface area contributed by atoms with Gasteiger partial charge in [0.15, 0.2) is 0 Å². The highest BCUT2D eigenvalue weighted by Crippen LogP contribution is 2.46. The predicted octanol–water partition coefficient (Wildman–Crippen LogP) is 4.53. The van der Waals surface area contributed by atoms with Crippen molar-refractivity contribution in [3.63, 3.8) is 0 Å². The van der Waals surface area contributed by atoms with Crippen LogP contribution in [-0.4, -0.2) is 35.1 Å². The number of carbonyl (C=O) groups is 1. The predicted molar refractivity (Wildman–Crippen MR) is 99.7 cm³/mol. The molecule has 0 bridgehead atoms. The molecule has 1 aromatic rings. The SMILES string of the molecule is CCC(=Cc1ccccc1)C1CC1N(C(=O)C(F)(F)F)C1CCC(N)CC1. The summed E-state index contributed by atoms with van der Waals surface area (Å²) in [6.45, 7) is 2.01. The Morgan fingerprint density at radius 2 is 1.81 bits per heavy atom. The zero-order valence-corrected chi connectivity index (χ0v) is 15.6. The van der Waals surface area contributed by atoms with Gasteiger partial charge in [-0.25, -0.2) is 0 Å². The number of hydrogen-bond donors (Lipinski definition) is 1. The Morgan fingerprint density at radius 1 is 1.19 bits per heavy atom. The van der Waals surface area contributed by atoms with Crippen LogP contribution in [0.15, 0.2) is 35.9 Å². The number of amides is 1. The molecular weight excluding hydrogens is 353 g/mol. The molecule has 0 radical (unpaired) electrons. The van der Waals surface area contributed by atoms with Crippen LogP contribution in [0, 0.1) is 5.92 Å². The van der Waals surface area contributed by atoms with Gasteiger partial charge in [0, 0.05) is 24.0 Å². The molecule has 0 spiro atoms. The highest BCUT2D eigenvalue weighted by atomic mass is 19.4. The Labute approximate surface area is 158 Å². The van der Waals surface area contributed by atoms with E-state index in [0.29, 0.717) is 32.1 Å². The van der Waals surface area contributed by atoms with E-state index >= 15 is 0 Å². The third kappa shape index (κ3) is 4.72. The van der Waals surface area contributed by atoms with Crippen LogP contribution >= 0.6 is 0 Å². The van der Waals surface area contributed by atoms with Crippen LogP contribution in [0.4, 0.5) is 13.2 Å². The number of nitrogens with two attached hydrogens (primary N) is 1. The molecule has 0 aromatic heterocycles. The van der Waals surface area contributed by atoms with Gasteiger partial charge in [-0.3, -0.25) is 4.79 Å². The van der Waals surface area contributed by atoms with Gasteiger partial charge >= 0.3 is 12.1 Å². The summed E-state index contributed by atoms with van der Waals surface area (Å²) in [6, 6.07) is 9.09. The van der Waals surface area contributed by atoms with E-state index in [0.717, 1.165) is 22.5 Å². The summed E-state index contributed by atoms with van der Waals surface area (Å²) in [5.41, 5.74) is 8.05. The largest absolute Gasteiger partial charge is 0.471 e. The summed E-state index contributed by atoms with van der Waals surface area (Å²) in [5.74, 6) is -1.68. The minimum Gasteiger partial charge on any atom is -0.328 e. The van der Waals surface area contributed by atoms with Crippen LogP contribution < -0.4 is 5.73 Å². The zero-order chi connectivity index (χ0) is 19.6. The van der Waals surface area contributed by atoms with Gasteiger partial charge in [0.05, 0.1) is 0 Å². The van der Waals surface area contributed by atoms with Crippen molar-refractivity contribution < 1.29 is 18.0 Å². The van der Waals surface area contributed by atoms with Crippen molar-refractivity contribution in [2.24, 2.45) is 11.7 Å². The normalized spacial score (nSPS) is 28.7. The van der Waals surface area contributed by atoms with Crippen LogP contribution in [0.1, 0.15) is 51.0 Å². The van der Waals surface area contributed by atoms with Gasteiger partial charge in [-0.1, -0.05) is 48.9 Å². The smallest absolute Gasteiger partial charge is 0.328 e. The summed E-state index contributed by atoms with van der Waals surface area (Å²) < 4.78 is 39.7. The van der Waals surface area contributed by atoms with E-state index in [9.17, 15) is 18.0 Å². The Bertz CT molecular complexity index is 678. The van der Waals surface area contributed by atoms with Crippen LogP contribution in [0.25, 0.3) is 6.08 Å². The third-order valence-corrected chi connectivity index (χ3v) is 5.76. The highest BCUT2D eigenvalue weighted by molar-refractivity contribution is 5.83. The van der Waals surface area contributed by atoms with Crippen LogP contribution in [0.3, 0.4) is 0 Å². The Morgan fingerprint density at radius 3 is 2.37 bits per heavy atom. The lowest BCUT2D eigenvalue weighted by molar-refractivity contribution is -0.189. The fourth-order valence-electron chi connectivity index (χ4n) is 4.24. The molecule has 0 heterocycles. The zero-order valence-electron chi connectivity index (χ0n) is 15.6. The van der Waals surface area contributed by atoms with Gasteiger partial charge in [-0.05, 0) is 44.1 Å². The van der Waals surface area contributed by atoms with E-state index in [4.69, 9.17) is 5.73 Å². The van der Waals surface area contributed by atoms with Crippen LogP contribution in [-0.2, 0) is 4.79 Å². The van der Waals surface area contributed by atoms with Gasteiger partial charge < -0.3 is 10.6 Å². The molecule has 2 saturated carbocycles. The average molecular weight is 380 g/mol. The first-order chi connectivity index (χ1) is 12.8. The van der Waals surface area contributed by atoms with Gasteiger partial charge in [0.2, 0.25) is 0 Å². The molecule has 2 fully saturated rings. The number of carbonyl (C=O) groups excluding carboxylic acids is 1. The van der Waals surface area contributed by atoms with Crippen molar-refractivity contribution in [2.75, 3.05) is 0 Å². The number of halogens is 3. The van der Waals surface area contributed by atoms with E-state index in [1.807, 2.05) is 37.3 Å². The molecule has 1 aromatic carbocycles. The highest BCUT2D eigenvalue weighted by Gasteiger charge is 2.54. The molecule has 2 aliphatic carbocycles. The van der Waals surface area contributed by atoms with Crippen LogP contribution in [0.5, 0.6) is 0 Å². The summed E-state index contributed by atoms with van der Waals surface area (Å²) in [6.07, 6.45) is 1.04. The Hall–Kier alpha value is -1.82. The molecule has 0 saturated heterocycles. The van der Waals surface area contributed by atoms with E-state index in [2.05, 4.69) is 6.08 Å². The standard InChI is InChI=1S/C21H27F3N2O/c1-2-15(12-14-6-4-3-5-7-14)18-13-19(18)26(20(27)21(22,23)24)17-10-8-16(25)9-11-17/h3-7,12,16-19H,2,8-11,13,25H2,1H3. The molecule has 148 valence electrons. The van der Waals surface area contributed by atoms with Crippen molar-refractivity contribution in [1.29, 1.82) is 0 Å². The summed E-state index contributed by atoms with van der Waals surface area (Å²) >= 11 is 0. The second-order valence-electron chi connectivity index (χ2n) is 7.67. The first-order valence-electron chi connectivity index (χ1n) is 9.71. The molecule has 2 atom stereocenters. The van der Waals surface area contributed by atoms with Crippen molar-refractivity contribution in [3.05, 3.63) is 41.5 Å². The van der Waals surface area contributed by atoms with Crippen molar-refractivity contribution in [3.8, 4) is 0 Å². The van der Waals surface area contributed by atoms with Crippen molar-refractivity contribution in [2.45, 2.75) is 69.8 Å². The van der Waals surface area contributed by atoms with Gasteiger partial charge in [-0.15, -0.1) is 0 Å². The minimum absolute atomic E-state index is 0.0112. The molecule has 2 N–H and O–H groups in total. The molecule has 3 nitrogen and oxygen atoms in total. The molecule has 0 aliphatic heterocycles. The maximum atomic E-state index is 13.2. The second kappa shape index (κ2) is 8.05. The van der Waals surface area contributed by atoms with E-state index in [-0.39, 0.29) is 24.0 Å². The summed E-state index contributed by atoms with van der Waals surface area (Å²) in [7, 11) is 0. The Kier molecular flexibility index (Phi) is 5.94.